The number of carbonyl (C=O) groups excluding carboxylic acids is 1. The smallest absolute Gasteiger partial charge is 0.244 e. The largest absolute Gasteiger partial charge is 0.341 e. The molecule has 9 heteroatoms. The lowest BCUT2D eigenvalue weighted by atomic mass is 9.97. The molecule has 2 heterocycles. The van der Waals surface area contributed by atoms with Crippen LogP contribution in [0.25, 0.3) is 10.2 Å². The van der Waals surface area contributed by atoms with Crippen molar-refractivity contribution in [1.82, 2.24) is 14.6 Å². The van der Waals surface area contributed by atoms with Gasteiger partial charge in [0.05, 0.1) is 21.3 Å². The Hall–Kier alpha value is -2.36. The number of rotatable bonds is 5. The molecule has 158 valence electrons. The van der Waals surface area contributed by atoms with Crippen LogP contribution >= 0.6 is 11.3 Å². The van der Waals surface area contributed by atoms with E-state index in [0.717, 1.165) is 34.1 Å². The van der Waals surface area contributed by atoms with E-state index in [4.69, 9.17) is 4.98 Å². The number of thiazole rings is 1. The number of fused-ring (bicyclic) bond motifs is 1. The summed E-state index contributed by atoms with van der Waals surface area (Å²) in [5.41, 5.74) is 0.993. The van der Waals surface area contributed by atoms with Crippen LogP contribution in [-0.4, -0.2) is 43.3 Å². The van der Waals surface area contributed by atoms with E-state index < -0.39 is 26.8 Å². The van der Waals surface area contributed by atoms with Crippen LogP contribution in [0.5, 0.6) is 0 Å². The zero-order valence-corrected chi connectivity index (χ0v) is 18.0. The summed E-state index contributed by atoms with van der Waals surface area (Å²) in [6.45, 7) is 2.55. The van der Waals surface area contributed by atoms with Crippen LogP contribution in [0.4, 0.5) is 4.39 Å². The van der Waals surface area contributed by atoms with Crippen molar-refractivity contribution in [2.24, 2.45) is 0 Å². The van der Waals surface area contributed by atoms with Crippen molar-refractivity contribution in [3.8, 4) is 0 Å². The fourth-order valence-corrected chi connectivity index (χ4v) is 6.11. The topological polar surface area (TPSA) is 79.4 Å². The zero-order chi connectivity index (χ0) is 21.3. The number of benzene rings is 2. The van der Waals surface area contributed by atoms with Crippen molar-refractivity contribution in [3.63, 3.8) is 0 Å². The molecule has 3 aromatic rings. The highest BCUT2D eigenvalue weighted by Crippen LogP contribution is 2.33. The number of nitrogens with one attached hydrogen (secondary N) is 1. The van der Waals surface area contributed by atoms with Crippen LogP contribution in [0, 0.1) is 5.82 Å². The Morgan fingerprint density at radius 2 is 1.83 bits per heavy atom. The van der Waals surface area contributed by atoms with Crippen molar-refractivity contribution in [1.29, 1.82) is 0 Å². The molecule has 30 heavy (non-hydrogen) atoms. The monoisotopic (exact) mass is 447 g/mol. The molecule has 1 amide bonds. The number of amides is 1. The Morgan fingerprint density at radius 3 is 2.53 bits per heavy atom. The molecule has 1 saturated heterocycles. The maximum atomic E-state index is 13.9. The second-order valence-electron chi connectivity index (χ2n) is 7.39. The molecule has 1 aliphatic heterocycles. The summed E-state index contributed by atoms with van der Waals surface area (Å²) >= 11 is 1.68. The third-order valence-electron chi connectivity index (χ3n) is 5.29. The number of likely N-dealkylation sites (tertiary alicyclic amines) is 1. The van der Waals surface area contributed by atoms with Gasteiger partial charge in [-0.25, -0.2) is 17.8 Å². The molecule has 2 aromatic carbocycles. The van der Waals surface area contributed by atoms with Crippen LogP contribution < -0.4 is 4.72 Å². The van der Waals surface area contributed by atoms with Crippen molar-refractivity contribution in [2.45, 2.75) is 36.6 Å². The summed E-state index contributed by atoms with van der Waals surface area (Å²) in [5, 5.41) is 1.08. The van der Waals surface area contributed by atoms with Crippen LogP contribution in [0.1, 0.15) is 30.7 Å². The molecule has 0 unspecified atom stereocenters. The molecular formula is C21H22FN3O3S2. The highest BCUT2D eigenvalue weighted by Gasteiger charge is 2.31. The van der Waals surface area contributed by atoms with Crippen LogP contribution in [0.15, 0.2) is 53.4 Å². The van der Waals surface area contributed by atoms with Gasteiger partial charge >= 0.3 is 0 Å². The predicted molar refractivity (Wildman–Crippen MR) is 114 cm³/mol. The van der Waals surface area contributed by atoms with Gasteiger partial charge in [0, 0.05) is 19.0 Å². The lowest BCUT2D eigenvalue weighted by molar-refractivity contribution is -0.133. The standard InChI is InChI=1S/C21H22FN3O3S2/c1-14(24-30(27,28)19-9-5-2-6-16(19)22)21(26)25-12-10-15(11-13-25)20-23-17-7-3-4-8-18(17)29-20/h2-9,14-15,24H,10-13H2,1H3/t14-/m0/s1. The Labute approximate surface area is 178 Å². The van der Waals surface area contributed by atoms with Crippen molar-refractivity contribution in [2.75, 3.05) is 13.1 Å². The second kappa shape index (κ2) is 8.41. The molecule has 4 rings (SSSR count). The summed E-state index contributed by atoms with van der Waals surface area (Å²) in [7, 11) is -4.12. The molecule has 1 aliphatic rings. The van der Waals surface area contributed by atoms with Crippen molar-refractivity contribution >= 4 is 37.5 Å². The molecule has 1 N–H and O–H groups in total. The van der Waals surface area contributed by atoms with Crippen LogP contribution in [0.2, 0.25) is 0 Å². The minimum absolute atomic E-state index is 0.289. The van der Waals surface area contributed by atoms with Gasteiger partial charge in [-0.3, -0.25) is 4.79 Å². The van der Waals surface area contributed by atoms with Gasteiger partial charge in [0.1, 0.15) is 10.7 Å². The minimum Gasteiger partial charge on any atom is -0.341 e. The van der Waals surface area contributed by atoms with E-state index in [9.17, 15) is 17.6 Å². The van der Waals surface area contributed by atoms with Gasteiger partial charge in [-0.15, -0.1) is 11.3 Å². The summed E-state index contributed by atoms with van der Waals surface area (Å²) in [5.74, 6) is -0.865. The summed E-state index contributed by atoms with van der Waals surface area (Å²) < 4.78 is 42.2. The van der Waals surface area contributed by atoms with E-state index >= 15 is 0 Å². The molecule has 1 aromatic heterocycles. The summed E-state index contributed by atoms with van der Waals surface area (Å²) in [6.07, 6.45) is 1.55. The summed E-state index contributed by atoms with van der Waals surface area (Å²) in [6, 6.07) is 12.2. The molecule has 0 radical (unpaired) electrons. The first-order chi connectivity index (χ1) is 14.3. The van der Waals surface area contributed by atoms with E-state index in [1.165, 1.54) is 25.1 Å². The lowest BCUT2D eigenvalue weighted by Crippen LogP contribution is -2.49. The number of piperidine rings is 1. The van der Waals surface area contributed by atoms with Gasteiger partial charge < -0.3 is 4.90 Å². The van der Waals surface area contributed by atoms with Gasteiger partial charge in [-0.2, -0.15) is 4.72 Å². The minimum atomic E-state index is -4.12. The Kier molecular flexibility index (Phi) is 5.86. The quantitative estimate of drug-likeness (QED) is 0.649. The normalized spacial score (nSPS) is 16.7. The molecule has 1 fully saturated rings. The number of para-hydroxylation sites is 1. The Balaban J connectivity index is 1.38. The number of halogens is 1. The highest BCUT2D eigenvalue weighted by molar-refractivity contribution is 7.89. The number of hydrogen-bond donors (Lipinski definition) is 1. The van der Waals surface area contributed by atoms with E-state index in [0.29, 0.717) is 13.1 Å². The third kappa shape index (κ3) is 4.23. The Morgan fingerprint density at radius 1 is 1.17 bits per heavy atom. The van der Waals surface area contributed by atoms with E-state index in [2.05, 4.69) is 10.8 Å². The molecule has 0 saturated carbocycles. The van der Waals surface area contributed by atoms with Gasteiger partial charge in [0.15, 0.2) is 0 Å². The van der Waals surface area contributed by atoms with E-state index in [1.54, 1.807) is 16.2 Å². The number of aromatic nitrogens is 1. The van der Waals surface area contributed by atoms with Crippen LogP contribution in [0.3, 0.4) is 0 Å². The van der Waals surface area contributed by atoms with Gasteiger partial charge in [-0.05, 0) is 44.0 Å². The predicted octanol–water partition coefficient (Wildman–Crippen LogP) is 3.51. The van der Waals surface area contributed by atoms with Gasteiger partial charge in [0.25, 0.3) is 0 Å². The van der Waals surface area contributed by atoms with E-state index in [-0.39, 0.29) is 11.8 Å². The number of hydrogen-bond acceptors (Lipinski definition) is 5. The highest BCUT2D eigenvalue weighted by atomic mass is 32.2. The molecular weight excluding hydrogens is 425 g/mol. The van der Waals surface area contributed by atoms with Crippen molar-refractivity contribution < 1.29 is 17.6 Å². The number of nitrogens with zero attached hydrogens (tertiary/aromatic N) is 2. The number of carbonyl (C=O) groups is 1. The first kappa shape index (κ1) is 20.9. The molecule has 6 nitrogen and oxygen atoms in total. The van der Waals surface area contributed by atoms with Gasteiger partial charge in [0.2, 0.25) is 15.9 Å². The molecule has 0 spiro atoms. The first-order valence-corrected chi connectivity index (χ1v) is 12.1. The van der Waals surface area contributed by atoms with Crippen LogP contribution in [-0.2, 0) is 14.8 Å². The fourth-order valence-electron chi connectivity index (χ4n) is 3.69. The molecule has 0 bridgehead atoms. The number of sulfonamides is 1. The maximum absolute atomic E-state index is 13.9. The average Bonchev–Trinajstić information content (AvgIpc) is 3.17. The third-order valence-corrected chi connectivity index (χ3v) is 8.07. The maximum Gasteiger partial charge on any atom is 0.244 e. The zero-order valence-electron chi connectivity index (χ0n) is 16.4. The van der Waals surface area contributed by atoms with E-state index in [1.807, 2.05) is 18.2 Å². The second-order valence-corrected chi connectivity index (χ2v) is 10.1. The summed E-state index contributed by atoms with van der Waals surface area (Å²) in [4.78, 5) is 18.7. The molecule has 1 atom stereocenters. The van der Waals surface area contributed by atoms with Crippen molar-refractivity contribution in [3.05, 3.63) is 59.4 Å². The SMILES string of the molecule is C[C@H](NS(=O)(=O)c1ccccc1F)C(=O)N1CCC(c2nc3ccccc3s2)CC1. The average molecular weight is 448 g/mol. The Bertz CT molecular complexity index is 1140. The fraction of sp³-hybridized carbons (Fsp3) is 0.333. The first-order valence-electron chi connectivity index (χ1n) is 9.76. The lowest BCUT2D eigenvalue weighted by Gasteiger charge is -2.33. The molecule has 0 aliphatic carbocycles. The van der Waals surface area contributed by atoms with Gasteiger partial charge in [-0.1, -0.05) is 24.3 Å².